The molecule has 0 fully saturated rings. The normalized spacial score (nSPS) is 12.3. The Kier molecular flexibility index (Phi) is 9.66. The maximum Gasteiger partial charge on any atom is 0.203 e. The van der Waals surface area contributed by atoms with E-state index in [1.165, 1.54) is 16.7 Å². The van der Waals surface area contributed by atoms with Crippen molar-refractivity contribution in [1.82, 2.24) is 0 Å². The van der Waals surface area contributed by atoms with E-state index in [9.17, 15) is 0 Å². The Morgan fingerprint density at radius 2 is 0.951 bits per heavy atom. The van der Waals surface area contributed by atoms with E-state index in [4.69, 9.17) is 28.4 Å². The topological polar surface area (TPSA) is 55.4 Å². The van der Waals surface area contributed by atoms with Crippen LogP contribution in [0.2, 0.25) is 0 Å². The molecule has 1 atom stereocenters. The van der Waals surface area contributed by atoms with E-state index in [1.54, 1.807) is 42.7 Å². The van der Waals surface area contributed by atoms with Gasteiger partial charge in [0.15, 0.2) is 23.0 Å². The van der Waals surface area contributed by atoms with Crippen LogP contribution in [0.4, 0.5) is 0 Å². The number of benzene rings is 4. The van der Waals surface area contributed by atoms with Gasteiger partial charge in [-0.15, -0.1) is 0 Å². The van der Waals surface area contributed by atoms with Crippen molar-refractivity contribution in [3.63, 3.8) is 0 Å². The third-order valence-electron chi connectivity index (χ3n) is 7.73. The molecule has 4 aromatic rings. The van der Waals surface area contributed by atoms with Crippen LogP contribution >= 0.6 is 0 Å². The summed E-state index contributed by atoms with van der Waals surface area (Å²) in [5.74, 6) is 3.73. The summed E-state index contributed by atoms with van der Waals surface area (Å²) in [6, 6.07) is 27.7. The van der Waals surface area contributed by atoms with Gasteiger partial charge < -0.3 is 28.4 Å². The molecule has 4 rings (SSSR count). The van der Waals surface area contributed by atoms with E-state index in [0.29, 0.717) is 40.9 Å². The molecule has 0 aliphatic carbocycles. The Bertz CT molecular complexity index is 1380. The van der Waals surface area contributed by atoms with Crippen molar-refractivity contribution in [2.75, 3.05) is 42.7 Å². The molecule has 6 nitrogen and oxygen atoms in total. The second-order valence-electron chi connectivity index (χ2n) is 10.1. The molecule has 0 aromatic heterocycles. The lowest BCUT2D eigenvalue weighted by atomic mass is 9.67. The summed E-state index contributed by atoms with van der Waals surface area (Å²) in [7, 11) is 9.83. The van der Waals surface area contributed by atoms with Crippen molar-refractivity contribution in [2.24, 2.45) is 0 Å². The number of hydrogen-bond donors (Lipinski definition) is 0. The van der Waals surface area contributed by atoms with Crippen molar-refractivity contribution >= 4 is 0 Å². The Balaban J connectivity index is 1.89. The van der Waals surface area contributed by atoms with Gasteiger partial charge in [0.25, 0.3) is 0 Å². The van der Waals surface area contributed by atoms with Crippen LogP contribution in [0.3, 0.4) is 0 Å². The molecule has 41 heavy (non-hydrogen) atoms. The molecule has 216 valence electrons. The number of hydrogen-bond acceptors (Lipinski definition) is 6. The highest BCUT2D eigenvalue weighted by molar-refractivity contribution is 5.56. The van der Waals surface area contributed by atoms with Crippen molar-refractivity contribution in [3.8, 4) is 34.5 Å². The van der Waals surface area contributed by atoms with Crippen molar-refractivity contribution in [3.05, 3.63) is 107 Å². The Labute approximate surface area is 243 Å². The minimum absolute atomic E-state index is 0.375. The molecule has 0 N–H and O–H groups in total. The average molecular weight is 557 g/mol. The van der Waals surface area contributed by atoms with Crippen molar-refractivity contribution in [1.29, 1.82) is 0 Å². The van der Waals surface area contributed by atoms with Gasteiger partial charge in [0.1, 0.15) is 0 Å². The maximum absolute atomic E-state index is 5.72. The van der Waals surface area contributed by atoms with E-state index >= 15 is 0 Å². The summed E-state index contributed by atoms with van der Waals surface area (Å²) >= 11 is 0. The third-order valence-corrected chi connectivity index (χ3v) is 7.73. The molecule has 0 saturated carbocycles. The fraction of sp³-hybridized carbons (Fsp3) is 0.314. The van der Waals surface area contributed by atoms with E-state index in [0.717, 1.165) is 24.0 Å². The Hall–Kier alpha value is -4.32. The zero-order chi connectivity index (χ0) is 29.4. The van der Waals surface area contributed by atoms with Crippen LogP contribution in [0.5, 0.6) is 34.5 Å². The second-order valence-corrected chi connectivity index (χ2v) is 10.1. The molecule has 0 aliphatic rings. The summed E-state index contributed by atoms with van der Waals surface area (Å²) in [6.07, 6.45) is 2.29. The molecule has 0 aliphatic heterocycles. The van der Waals surface area contributed by atoms with Crippen LogP contribution in [0, 0.1) is 6.92 Å². The maximum atomic E-state index is 5.72. The average Bonchev–Trinajstić information content (AvgIpc) is 3.02. The fourth-order valence-electron chi connectivity index (χ4n) is 5.60. The number of ether oxygens (including phenoxy) is 6. The van der Waals surface area contributed by atoms with Gasteiger partial charge in [-0.25, -0.2) is 0 Å². The zero-order valence-electron chi connectivity index (χ0n) is 25.1. The first-order chi connectivity index (χ1) is 19.9. The van der Waals surface area contributed by atoms with Crippen LogP contribution in [-0.4, -0.2) is 42.7 Å². The van der Waals surface area contributed by atoms with E-state index in [-0.39, 0.29) is 5.41 Å². The summed E-state index contributed by atoms with van der Waals surface area (Å²) in [6.45, 7) is 2.11. The van der Waals surface area contributed by atoms with Crippen LogP contribution in [0.15, 0.2) is 78.9 Å². The summed E-state index contributed by atoms with van der Waals surface area (Å²) < 4.78 is 33.9. The van der Waals surface area contributed by atoms with E-state index in [1.807, 2.05) is 24.3 Å². The molecule has 6 heteroatoms. The molecular weight excluding hydrogens is 516 g/mol. The first-order valence-corrected chi connectivity index (χ1v) is 13.6. The van der Waals surface area contributed by atoms with Crippen LogP contribution in [-0.2, 0) is 18.3 Å². The van der Waals surface area contributed by atoms with Gasteiger partial charge in [-0.3, -0.25) is 0 Å². The highest BCUT2D eigenvalue weighted by Crippen LogP contribution is 2.45. The van der Waals surface area contributed by atoms with Gasteiger partial charge in [0.2, 0.25) is 11.5 Å². The molecular formula is C35H40O6. The van der Waals surface area contributed by atoms with Gasteiger partial charge in [0.05, 0.1) is 42.7 Å². The van der Waals surface area contributed by atoms with Gasteiger partial charge in [-0.05, 0) is 72.7 Å². The standard InChI is InChI=1S/C35H40O6/c1-24-13-15-28(16-14-24)35(27-11-9-8-10-12-27,23-26-21-31(38-4)34(41-7)32(22-26)39-5)18-17-25-19-29(36-2)33(40-6)30(20-25)37-3/h8-16,19-22H,17-18,23H2,1-7H3. The zero-order valence-corrected chi connectivity index (χ0v) is 25.1. The van der Waals surface area contributed by atoms with Crippen molar-refractivity contribution in [2.45, 2.75) is 31.6 Å². The fourth-order valence-corrected chi connectivity index (χ4v) is 5.60. The Morgan fingerprint density at radius 3 is 1.39 bits per heavy atom. The predicted octanol–water partition coefficient (Wildman–Crippen LogP) is 7.21. The highest BCUT2D eigenvalue weighted by Gasteiger charge is 2.35. The lowest BCUT2D eigenvalue weighted by Crippen LogP contribution is -2.31. The van der Waals surface area contributed by atoms with E-state index < -0.39 is 0 Å². The summed E-state index contributed by atoms with van der Waals surface area (Å²) in [4.78, 5) is 0. The molecule has 1 unspecified atom stereocenters. The second kappa shape index (κ2) is 13.4. The van der Waals surface area contributed by atoms with E-state index in [2.05, 4.69) is 61.5 Å². The summed E-state index contributed by atoms with van der Waals surface area (Å²) in [5.41, 5.74) is 5.47. The minimum Gasteiger partial charge on any atom is -0.493 e. The van der Waals surface area contributed by atoms with Crippen LogP contribution in [0.25, 0.3) is 0 Å². The predicted molar refractivity (Wildman–Crippen MR) is 163 cm³/mol. The lowest BCUT2D eigenvalue weighted by molar-refractivity contribution is 0.322. The van der Waals surface area contributed by atoms with Crippen LogP contribution < -0.4 is 28.4 Å². The largest absolute Gasteiger partial charge is 0.493 e. The Morgan fingerprint density at radius 1 is 0.512 bits per heavy atom. The molecule has 4 aromatic carbocycles. The van der Waals surface area contributed by atoms with Gasteiger partial charge >= 0.3 is 0 Å². The first kappa shape index (κ1) is 29.7. The molecule has 0 saturated heterocycles. The summed E-state index contributed by atoms with van der Waals surface area (Å²) in [5, 5.41) is 0. The number of methoxy groups -OCH3 is 6. The highest BCUT2D eigenvalue weighted by atomic mass is 16.5. The van der Waals surface area contributed by atoms with Crippen LogP contribution in [0.1, 0.15) is 34.2 Å². The smallest absolute Gasteiger partial charge is 0.203 e. The van der Waals surface area contributed by atoms with Gasteiger partial charge in [-0.2, -0.15) is 0 Å². The third kappa shape index (κ3) is 6.22. The molecule has 0 radical (unpaired) electrons. The SMILES string of the molecule is COc1cc(CCC(Cc2cc(OC)c(OC)c(OC)c2)(c2ccccc2)c2ccc(C)cc2)cc(OC)c1OC. The molecule has 0 spiro atoms. The quantitative estimate of drug-likeness (QED) is 0.173. The van der Waals surface area contributed by atoms with Gasteiger partial charge in [0, 0.05) is 5.41 Å². The van der Waals surface area contributed by atoms with Crippen molar-refractivity contribution < 1.29 is 28.4 Å². The van der Waals surface area contributed by atoms with Gasteiger partial charge in [-0.1, -0.05) is 60.2 Å². The lowest BCUT2D eigenvalue weighted by Gasteiger charge is -2.36. The first-order valence-electron chi connectivity index (χ1n) is 13.6. The monoisotopic (exact) mass is 556 g/mol. The molecule has 0 bridgehead atoms. The molecule has 0 heterocycles. The number of rotatable bonds is 13. The minimum atomic E-state index is -0.375. The molecule has 0 amide bonds. The number of aryl methyl sites for hydroxylation is 2.